The molecule has 36 heavy (non-hydrogen) atoms. The van der Waals surface area contributed by atoms with Crippen LogP contribution in [0.5, 0.6) is 5.75 Å². The van der Waals surface area contributed by atoms with Crippen LogP contribution in [0, 0.1) is 18.8 Å². The Kier molecular flexibility index (Phi) is 8.48. The van der Waals surface area contributed by atoms with Crippen LogP contribution in [-0.4, -0.2) is 73.4 Å². The molecule has 2 fully saturated rings. The van der Waals surface area contributed by atoms with Crippen LogP contribution in [0.1, 0.15) is 47.8 Å². The minimum absolute atomic E-state index is 0.345. The van der Waals surface area contributed by atoms with Gasteiger partial charge in [0, 0.05) is 30.9 Å². The minimum Gasteiger partial charge on any atom is -0.493 e. The average Bonchev–Trinajstić information content (AvgIpc) is 3.13. The molecule has 0 aliphatic carbocycles. The van der Waals surface area contributed by atoms with E-state index in [2.05, 4.69) is 18.8 Å². The summed E-state index contributed by atoms with van der Waals surface area (Å²) in [5.41, 5.74) is 1.92. The zero-order valence-corrected chi connectivity index (χ0v) is 21.4. The number of Topliss-reactive ketones (excluding diaryl/α,β-unsaturated/α-hetero) is 2. The molecule has 4 rings (SSSR count). The summed E-state index contributed by atoms with van der Waals surface area (Å²) in [4.78, 5) is 47.3. The largest absolute Gasteiger partial charge is 0.493 e. The van der Waals surface area contributed by atoms with E-state index in [9.17, 15) is 14.4 Å². The molecule has 2 saturated heterocycles. The van der Waals surface area contributed by atoms with Crippen molar-refractivity contribution in [3.63, 3.8) is 0 Å². The number of rotatable bonds is 10. The number of amides is 1. The van der Waals surface area contributed by atoms with Crippen LogP contribution < -0.4 is 9.64 Å². The first-order chi connectivity index (χ1) is 17.4. The Morgan fingerprint density at radius 3 is 2.67 bits per heavy atom. The second kappa shape index (κ2) is 11.8. The molecule has 0 spiro atoms. The molecule has 192 valence electrons. The van der Waals surface area contributed by atoms with Crippen LogP contribution in [0.4, 0.5) is 0 Å². The summed E-state index contributed by atoms with van der Waals surface area (Å²) in [5, 5.41) is 0. The van der Waals surface area contributed by atoms with Gasteiger partial charge in [-0.05, 0) is 48.2 Å². The number of nitrogens with zero attached hydrogens (tertiary/aromatic N) is 2. The van der Waals surface area contributed by atoms with Crippen molar-refractivity contribution in [3.05, 3.63) is 59.4 Å². The lowest BCUT2D eigenvalue weighted by molar-refractivity contribution is -0.908. The maximum Gasteiger partial charge on any atom is 0.291 e. The third kappa shape index (κ3) is 5.82. The molecule has 2 aromatic rings. The number of hydrogen-bond donors (Lipinski definition) is 1. The van der Waals surface area contributed by atoms with Gasteiger partial charge in [-0.15, -0.1) is 0 Å². The van der Waals surface area contributed by atoms with Crippen LogP contribution in [0.3, 0.4) is 0 Å². The number of nitrogens with one attached hydrogen (secondary N) is 1. The quantitative estimate of drug-likeness (QED) is 0.307. The van der Waals surface area contributed by atoms with Crippen molar-refractivity contribution in [2.45, 2.75) is 33.2 Å². The number of quaternary nitrogens is 1. The van der Waals surface area contributed by atoms with E-state index in [1.165, 1.54) is 4.90 Å². The van der Waals surface area contributed by atoms with Gasteiger partial charge in [0.25, 0.3) is 5.91 Å². The third-order valence-corrected chi connectivity index (χ3v) is 6.87. The fourth-order valence-corrected chi connectivity index (χ4v) is 4.96. The van der Waals surface area contributed by atoms with Crippen LogP contribution >= 0.6 is 0 Å². The molecule has 3 heterocycles. The molecule has 2 unspecified atom stereocenters. The molecule has 1 amide bonds. The lowest BCUT2D eigenvalue weighted by atomic mass is 9.86. The summed E-state index contributed by atoms with van der Waals surface area (Å²) in [6, 6.07) is 8.15. The topological polar surface area (TPSA) is 90.2 Å². The summed E-state index contributed by atoms with van der Waals surface area (Å²) in [7, 11) is 0. The Morgan fingerprint density at radius 2 is 2.00 bits per heavy atom. The maximum atomic E-state index is 13.7. The number of aryl methyl sites for hydroxylation is 1. The Labute approximate surface area is 212 Å². The van der Waals surface area contributed by atoms with Crippen molar-refractivity contribution in [3.8, 4) is 5.75 Å². The number of ketones is 2. The second-order valence-corrected chi connectivity index (χ2v) is 10.1. The first kappa shape index (κ1) is 26.0. The van der Waals surface area contributed by atoms with Crippen LogP contribution in [0.2, 0.25) is 0 Å². The zero-order valence-electron chi connectivity index (χ0n) is 21.4. The molecule has 0 bridgehead atoms. The normalized spacial score (nSPS) is 20.8. The number of benzene rings is 1. The van der Waals surface area contributed by atoms with Gasteiger partial charge in [0.05, 0.1) is 32.4 Å². The molecule has 2 aliphatic heterocycles. The standard InChI is InChI=1S/C28H35N3O5/c1-19(2)18-36-23-8-7-21(16-20(23)3)26(32)24-25(22-6-4-9-29-17-22)31(28(34)27(24)33)11-5-10-30-12-14-35-15-13-30/h4,6-9,16-17,19,24-25H,5,10-15,18H2,1-3H3/p+1. The predicted molar refractivity (Wildman–Crippen MR) is 134 cm³/mol. The number of ether oxygens (including phenoxy) is 2. The number of carbonyl (C=O) groups is 3. The van der Waals surface area contributed by atoms with Crippen molar-refractivity contribution in [2.75, 3.05) is 46.0 Å². The van der Waals surface area contributed by atoms with Crippen molar-refractivity contribution in [1.82, 2.24) is 9.88 Å². The molecule has 0 radical (unpaired) electrons. The number of hydrogen-bond acceptors (Lipinski definition) is 6. The predicted octanol–water partition coefficient (Wildman–Crippen LogP) is 1.68. The summed E-state index contributed by atoms with van der Waals surface area (Å²) >= 11 is 0. The zero-order chi connectivity index (χ0) is 25.7. The molecule has 2 atom stereocenters. The number of aromatic nitrogens is 1. The summed E-state index contributed by atoms with van der Waals surface area (Å²) < 4.78 is 11.3. The lowest BCUT2D eigenvalue weighted by Gasteiger charge is -2.28. The van der Waals surface area contributed by atoms with Gasteiger partial charge in [-0.25, -0.2) is 0 Å². The maximum absolute atomic E-state index is 13.7. The van der Waals surface area contributed by atoms with Crippen molar-refractivity contribution in [2.24, 2.45) is 11.8 Å². The van der Waals surface area contributed by atoms with E-state index < -0.39 is 23.7 Å². The molecule has 1 N–H and O–H groups in total. The molecule has 8 heteroatoms. The molecule has 0 saturated carbocycles. The smallest absolute Gasteiger partial charge is 0.291 e. The second-order valence-electron chi connectivity index (χ2n) is 10.1. The highest BCUT2D eigenvalue weighted by atomic mass is 16.5. The van der Waals surface area contributed by atoms with Gasteiger partial charge < -0.3 is 19.3 Å². The monoisotopic (exact) mass is 494 g/mol. The van der Waals surface area contributed by atoms with E-state index in [4.69, 9.17) is 9.47 Å². The Balaban J connectivity index is 1.56. The van der Waals surface area contributed by atoms with E-state index >= 15 is 0 Å². The molecule has 2 aliphatic rings. The molecule has 1 aromatic carbocycles. The van der Waals surface area contributed by atoms with E-state index in [1.807, 2.05) is 13.0 Å². The van der Waals surface area contributed by atoms with Gasteiger partial charge in [0.15, 0.2) is 5.78 Å². The number of carbonyl (C=O) groups excluding carboxylic acids is 3. The summed E-state index contributed by atoms with van der Waals surface area (Å²) in [6.07, 6.45) is 4.03. The van der Waals surface area contributed by atoms with Gasteiger partial charge in [0.2, 0.25) is 5.78 Å². The van der Waals surface area contributed by atoms with Gasteiger partial charge in [-0.3, -0.25) is 19.4 Å². The van der Waals surface area contributed by atoms with Crippen LogP contribution in [0.15, 0.2) is 42.7 Å². The Morgan fingerprint density at radius 1 is 1.22 bits per heavy atom. The van der Waals surface area contributed by atoms with Crippen LogP contribution in [-0.2, 0) is 14.3 Å². The fraction of sp³-hybridized carbons (Fsp3) is 0.500. The first-order valence-corrected chi connectivity index (χ1v) is 12.8. The van der Waals surface area contributed by atoms with E-state index in [0.717, 1.165) is 44.8 Å². The Bertz CT molecular complexity index is 1080. The van der Waals surface area contributed by atoms with Crippen LogP contribution in [0.25, 0.3) is 0 Å². The third-order valence-electron chi connectivity index (χ3n) is 6.87. The number of pyridine rings is 1. The van der Waals surface area contributed by atoms with Gasteiger partial charge in [-0.2, -0.15) is 0 Å². The number of likely N-dealkylation sites (tertiary alicyclic amines) is 1. The van der Waals surface area contributed by atoms with E-state index in [-0.39, 0.29) is 5.78 Å². The molecule has 8 nitrogen and oxygen atoms in total. The van der Waals surface area contributed by atoms with E-state index in [1.54, 1.807) is 41.6 Å². The minimum atomic E-state index is -1.10. The lowest BCUT2D eigenvalue weighted by Crippen LogP contribution is -3.14. The van der Waals surface area contributed by atoms with Gasteiger partial charge in [0.1, 0.15) is 24.8 Å². The highest BCUT2D eigenvalue weighted by Gasteiger charge is 2.51. The highest BCUT2D eigenvalue weighted by molar-refractivity contribution is 6.44. The van der Waals surface area contributed by atoms with Gasteiger partial charge >= 0.3 is 0 Å². The Hall–Kier alpha value is -3.10. The number of morpholine rings is 1. The molecular weight excluding hydrogens is 458 g/mol. The molecule has 1 aromatic heterocycles. The van der Waals surface area contributed by atoms with Crippen molar-refractivity contribution >= 4 is 17.5 Å². The van der Waals surface area contributed by atoms with Crippen molar-refractivity contribution < 1.29 is 28.8 Å². The van der Waals surface area contributed by atoms with E-state index in [0.29, 0.717) is 35.9 Å². The summed E-state index contributed by atoms with van der Waals surface area (Å²) in [6.45, 7) is 11.3. The first-order valence-electron chi connectivity index (χ1n) is 12.8. The fourth-order valence-electron chi connectivity index (χ4n) is 4.96. The highest BCUT2D eigenvalue weighted by Crippen LogP contribution is 2.38. The van der Waals surface area contributed by atoms with Crippen molar-refractivity contribution in [1.29, 1.82) is 0 Å². The SMILES string of the molecule is Cc1cc(C(=O)C2C(=O)C(=O)N(CCC[NH+]3CCOCC3)C2c2cccnc2)ccc1OCC(C)C. The average molecular weight is 495 g/mol. The summed E-state index contributed by atoms with van der Waals surface area (Å²) in [5.74, 6) is -1.59. The molecular formula is C28H36N3O5+. The van der Waals surface area contributed by atoms with Gasteiger partial charge in [-0.1, -0.05) is 19.9 Å².